The summed E-state index contributed by atoms with van der Waals surface area (Å²) in [6.45, 7) is 2.10. The van der Waals surface area contributed by atoms with Gasteiger partial charge in [-0.25, -0.2) is 13.1 Å². The van der Waals surface area contributed by atoms with E-state index in [-0.39, 0.29) is 11.7 Å². The summed E-state index contributed by atoms with van der Waals surface area (Å²) in [5.74, 6) is 0.352. The first-order valence-corrected chi connectivity index (χ1v) is 8.19. The molecule has 96 valence electrons. The molecule has 0 saturated carbocycles. The number of alkyl halides is 1. The summed E-state index contributed by atoms with van der Waals surface area (Å²) in [7, 11) is -3.26. The molecule has 0 fully saturated rings. The first-order chi connectivity index (χ1) is 7.94. The number of rotatable bonds is 6. The minimum absolute atomic E-state index is 0.0478. The Morgan fingerprint density at radius 1 is 1.41 bits per heavy atom. The smallest absolute Gasteiger partial charge is 0.212 e. The molecule has 1 aromatic rings. The maximum absolute atomic E-state index is 11.7. The molecule has 0 aliphatic carbocycles. The van der Waals surface area contributed by atoms with Crippen LogP contribution >= 0.6 is 27.5 Å². The van der Waals surface area contributed by atoms with E-state index in [1.807, 2.05) is 31.2 Å². The van der Waals surface area contributed by atoms with Crippen LogP contribution in [0, 0.1) is 5.92 Å². The lowest BCUT2D eigenvalue weighted by molar-refractivity contribution is 0.568. The fourth-order valence-electron chi connectivity index (χ4n) is 1.31. The molecule has 0 heterocycles. The molecule has 0 amide bonds. The van der Waals surface area contributed by atoms with Gasteiger partial charge < -0.3 is 0 Å². The topological polar surface area (TPSA) is 46.2 Å². The van der Waals surface area contributed by atoms with Crippen LogP contribution in [0.3, 0.4) is 0 Å². The van der Waals surface area contributed by atoms with Crippen LogP contribution in [-0.2, 0) is 16.6 Å². The Balaban J connectivity index is 2.59. The predicted molar refractivity (Wildman–Crippen MR) is 74.7 cm³/mol. The lowest BCUT2D eigenvalue weighted by Crippen LogP contribution is -2.29. The second-order valence-corrected chi connectivity index (χ2v) is 6.97. The summed E-state index contributed by atoms with van der Waals surface area (Å²) in [6, 6.07) is 7.51. The van der Waals surface area contributed by atoms with Crippen LogP contribution in [0.15, 0.2) is 28.7 Å². The van der Waals surface area contributed by atoms with E-state index in [0.717, 1.165) is 10.0 Å². The zero-order chi connectivity index (χ0) is 12.9. The van der Waals surface area contributed by atoms with Gasteiger partial charge in [0.15, 0.2) is 0 Å². The molecule has 1 unspecified atom stereocenters. The fourth-order valence-corrected chi connectivity index (χ4v) is 3.33. The molecule has 1 aromatic carbocycles. The van der Waals surface area contributed by atoms with Gasteiger partial charge in [-0.3, -0.25) is 0 Å². The van der Waals surface area contributed by atoms with Crippen molar-refractivity contribution in [3.63, 3.8) is 0 Å². The minimum atomic E-state index is -3.26. The van der Waals surface area contributed by atoms with E-state index in [1.54, 1.807) is 0 Å². The van der Waals surface area contributed by atoms with Gasteiger partial charge in [-0.05, 0) is 17.5 Å². The summed E-state index contributed by atoms with van der Waals surface area (Å²) in [5.41, 5.74) is 0.912. The van der Waals surface area contributed by atoms with Gasteiger partial charge in [0.05, 0.1) is 5.75 Å². The lowest BCUT2D eigenvalue weighted by Gasteiger charge is -2.10. The van der Waals surface area contributed by atoms with Crippen LogP contribution in [0.2, 0.25) is 0 Å². The van der Waals surface area contributed by atoms with Gasteiger partial charge in [0, 0.05) is 16.9 Å². The number of hydrogen-bond donors (Lipinski definition) is 1. The second kappa shape index (κ2) is 6.73. The largest absolute Gasteiger partial charge is 0.212 e. The molecular weight excluding hydrogens is 326 g/mol. The molecule has 17 heavy (non-hydrogen) atoms. The highest BCUT2D eigenvalue weighted by Crippen LogP contribution is 2.15. The number of nitrogens with one attached hydrogen (secondary N) is 1. The molecule has 0 aromatic heterocycles. The summed E-state index contributed by atoms with van der Waals surface area (Å²) >= 11 is 8.97. The van der Waals surface area contributed by atoms with Crippen molar-refractivity contribution in [1.82, 2.24) is 4.72 Å². The van der Waals surface area contributed by atoms with Gasteiger partial charge in [0.2, 0.25) is 10.0 Å². The van der Waals surface area contributed by atoms with Crippen LogP contribution in [0.1, 0.15) is 12.5 Å². The van der Waals surface area contributed by atoms with Gasteiger partial charge >= 0.3 is 0 Å². The van der Waals surface area contributed by atoms with E-state index < -0.39 is 10.0 Å². The number of sulfonamides is 1. The third-order valence-corrected chi connectivity index (χ3v) is 5.10. The van der Waals surface area contributed by atoms with Crippen LogP contribution in [0.5, 0.6) is 0 Å². The van der Waals surface area contributed by atoms with E-state index >= 15 is 0 Å². The Morgan fingerprint density at radius 2 is 2.06 bits per heavy atom. The number of benzene rings is 1. The molecule has 1 N–H and O–H groups in total. The van der Waals surface area contributed by atoms with Crippen molar-refractivity contribution in [2.24, 2.45) is 5.92 Å². The van der Waals surface area contributed by atoms with Gasteiger partial charge in [0.1, 0.15) is 0 Å². The van der Waals surface area contributed by atoms with E-state index in [0.29, 0.717) is 12.4 Å². The maximum atomic E-state index is 11.7. The monoisotopic (exact) mass is 339 g/mol. The molecule has 0 aliphatic heterocycles. The van der Waals surface area contributed by atoms with Crippen molar-refractivity contribution in [2.75, 3.05) is 11.6 Å². The standard InChI is InChI=1S/C11H15BrClNO2S/c1-9(6-13)8-17(15,16)14-7-10-4-2-3-5-11(10)12/h2-5,9,14H,6-8H2,1H3. The summed E-state index contributed by atoms with van der Waals surface area (Å²) in [6.07, 6.45) is 0. The van der Waals surface area contributed by atoms with Crippen molar-refractivity contribution < 1.29 is 8.42 Å². The Morgan fingerprint density at radius 3 is 2.65 bits per heavy atom. The zero-order valence-electron chi connectivity index (χ0n) is 9.49. The molecule has 0 radical (unpaired) electrons. The lowest BCUT2D eigenvalue weighted by atomic mass is 10.2. The van der Waals surface area contributed by atoms with E-state index in [2.05, 4.69) is 20.7 Å². The third-order valence-electron chi connectivity index (χ3n) is 2.21. The Bertz CT molecular complexity index is 464. The van der Waals surface area contributed by atoms with Gasteiger partial charge in [-0.1, -0.05) is 41.1 Å². The Hall–Kier alpha value is -0.100. The summed E-state index contributed by atoms with van der Waals surface area (Å²) in [4.78, 5) is 0. The molecule has 0 spiro atoms. The van der Waals surface area contributed by atoms with Crippen LogP contribution in [0.4, 0.5) is 0 Å². The molecule has 0 aliphatic rings. The zero-order valence-corrected chi connectivity index (χ0v) is 12.6. The number of hydrogen-bond acceptors (Lipinski definition) is 2. The van der Waals surface area contributed by atoms with E-state index in [1.165, 1.54) is 0 Å². The first-order valence-electron chi connectivity index (χ1n) is 5.21. The molecule has 1 rings (SSSR count). The van der Waals surface area contributed by atoms with Crippen molar-refractivity contribution in [2.45, 2.75) is 13.5 Å². The fraction of sp³-hybridized carbons (Fsp3) is 0.455. The maximum Gasteiger partial charge on any atom is 0.212 e. The van der Waals surface area contributed by atoms with Crippen LogP contribution < -0.4 is 4.72 Å². The van der Waals surface area contributed by atoms with Crippen LogP contribution in [0.25, 0.3) is 0 Å². The average Bonchev–Trinajstić information content (AvgIpc) is 2.27. The van der Waals surface area contributed by atoms with Crippen molar-refractivity contribution in [3.8, 4) is 0 Å². The minimum Gasteiger partial charge on any atom is -0.212 e. The van der Waals surface area contributed by atoms with Gasteiger partial charge in [-0.15, -0.1) is 11.6 Å². The quantitative estimate of drug-likeness (QED) is 0.809. The van der Waals surface area contributed by atoms with Crippen molar-refractivity contribution >= 4 is 37.6 Å². The Labute approximate surface area is 116 Å². The molecule has 0 saturated heterocycles. The highest BCUT2D eigenvalue weighted by Gasteiger charge is 2.14. The van der Waals surface area contributed by atoms with Gasteiger partial charge in [0.25, 0.3) is 0 Å². The third kappa shape index (κ3) is 5.38. The van der Waals surface area contributed by atoms with E-state index in [9.17, 15) is 8.42 Å². The number of halogens is 2. The molecule has 0 bridgehead atoms. The predicted octanol–water partition coefficient (Wildman–Crippen LogP) is 2.74. The van der Waals surface area contributed by atoms with E-state index in [4.69, 9.17) is 11.6 Å². The summed E-state index contributed by atoms with van der Waals surface area (Å²) in [5, 5.41) is 0. The highest BCUT2D eigenvalue weighted by atomic mass is 79.9. The van der Waals surface area contributed by atoms with Crippen molar-refractivity contribution in [3.05, 3.63) is 34.3 Å². The Kier molecular flexibility index (Phi) is 5.92. The van der Waals surface area contributed by atoms with Crippen molar-refractivity contribution in [1.29, 1.82) is 0 Å². The average molecular weight is 341 g/mol. The normalized spacial score (nSPS) is 13.6. The molecule has 6 heteroatoms. The molecule has 3 nitrogen and oxygen atoms in total. The SMILES string of the molecule is CC(CCl)CS(=O)(=O)NCc1ccccc1Br. The van der Waals surface area contributed by atoms with Gasteiger partial charge in [-0.2, -0.15) is 0 Å². The first kappa shape index (κ1) is 15.0. The second-order valence-electron chi connectivity index (χ2n) is 3.95. The van der Waals surface area contributed by atoms with Crippen LogP contribution in [-0.4, -0.2) is 20.1 Å². The summed E-state index contributed by atoms with van der Waals surface area (Å²) < 4.78 is 26.9. The molecular formula is C11H15BrClNO2S. The molecule has 1 atom stereocenters. The highest BCUT2D eigenvalue weighted by molar-refractivity contribution is 9.10.